The number of ether oxygens (including phenoxy) is 3. The Morgan fingerprint density at radius 2 is 2.14 bits per heavy atom. The molecule has 0 bridgehead atoms. The molecular weight excluding hydrogens is 290 g/mol. The number of para-hydroxylation sites is 1. The Hall–Kier alpha value is -2.44. The van der Waals surface area contributed by atoms with Crippen molar-refractivity contribution in [2.24, 2.45) is 0 Å². The van der Waals surface area contributed by atoms with Gasteiger partial charge in [-0.2, -0.15) is 0 Å². The van der Waals surface area contributed by atoms with E-state index in [4.69, 9.17) is 14.2 Å². The first-order chi connectivity index (χ1) is 10.6. The van der Waals surface area contributed by atoms with Crippen LogP contribution in [0.2, 0.25) is 0 Å². The number of carboxylic acids is 1. The molecular formula is C15H19NO6. The molecule has 0 fully saturated rings. The van der Waals surface area contributed by atoms with Crippen molar-refractivity contribution in [1.29, 1.82) is 0 Å². The first-order valence-corrected chi connectivity index (χ1v) is 7.18. The van der Waals surface area contributed by atoms with Gasteiger partial charge in [0.15, 0.2) is 17.5 Å². The Morgan fingerprint density at radius 1 is 1.36 bits per heavy atom. The quantitative estimate of drug-likeness (QED) is 0.782. The normalized spacial score (nSPS) is 14.0. The lowest BCUT2D eigenvalue weighted by Crippen LogP contribution is -2.35. The number of carbonyl (C=O) groups is 2. The number of unbranched alkanes of at least 4 members (excludes halogenated alkanes) is 1. The van der Waals surface area contributed by atoms with Gasteiger partial charge in [-0.3, -0.25) is 0 Å². The molecule has 1 aliphatic heterocycles. The van der Waals surface area contributed by atoms with E-state index in [1.165, 1.54) is 0 Å². The number of carbonyl (C=O) groups excluding carboxylic acids is 1. The fourth-order valence-corrected chi connectivity index (χ4v) is 2.06. The maximum Gasteiger partial charge on any atom is 0.408 e. The van der Waals surface area contributed by atoms with Gasteiger partial charge in [0.2, 0.25) is 0 Å². The average Bonchev–Trinajstić information content (AvgIpc) is 2.52. The zero-order valence-electron chi connectivity index (χ0n) is 12.3. The second-order valence-electron chi connectivity index (χ2n) is 4.78. The molecule has 22 heavy (non-hydrogen) atoms. The number of nitrogens with one attached hydrogen (secondary N) is 1. The van der Waals surface area contributed by atoms with Gasteiger partial charge in [-0.25, -0.2) is 9.59 Å². The van der Waals surface area contributed by atoms with Crippen LogP contribution in [0.5, 0.6) is 11.5 Å². The van der Waals surface area contributed by atoms with Crippen LogP contribution in [0.3, 0.4) is 0 Å². The number of fused-ring (bicyclic) bond motifs is 1. The first-order valence-electron chi connectivity index (χ1n) is 7.18. The van der Waals surface area contributed by atoms with Crippen LogP contribution in [0.4, 0.5) is 4.79 Å². The largest absolute Gasteiger partial charge is 0.486 e. The van der Waals surface area contributed by atoms with Crippen molar-refractivity contribution in [3.05, 3.63) is 23.8 Å². The zero-order chi connectivity index (χ0) is 15.9. The smallest absolute Gasteiger partial charge is 0.408 e. The number of hydrogen-bond donors (Lipinski definition) is 2. The molecule has 1 heterocycles. The van der Waals surface area contributed by atoms with E-state index in [1.54, 1.807) is 18.2 Å². The summed E-state index contributed by atoms with van der Waals surface area (Å²) in [5, 5.41) is 11.7. The third-order valence-electron chi connectivity index (χ3n) is 3.15. The van der Waals surface area contributed by atoms with Gasteiger partial charge in [-0.1, -0.05) is 25.5 Å². The zero-order valence-corrected chi connectivity index (χ0v) is 12.3. The van der Waals surface area contributed by atoms with Crippen LogP contribution in [-0.2, 0) is 9.53 Å². The fraction of sp³-hybridized carbons (Fsp3) is 0.467. The molecule has 1 aromatic rings. The topological polar surface area (TPSA) is 94.1 Å². The summed E-state index contributed by atoms with van der Waals surface area (Å²) in [6.45, 7) is 2.95. The van der Waals surface area contributed by atoms with E-state index < -0.39 is 18.1 Å². The molecule has 1 amide bonds. The lowest BCUT2D eigenvalue weighted by atomic mass is 10.0. The summed E-state index contributed by atoms with van der Waals surface area (Å²) in [6.07, 6.45) is 0.839. The van der Waals surface area contributed by atoms with Gasteiger partial charge < -0.3 is 24.6 Å². The molecule has 1 atom stereocenters. The molecule has 1 aromatic carbocycles. The van der Waals surface area contributed by atoms with E-state index in [2.05, 4.69) is 5.32 Å². The monoisotopic (exact) mass is 309 g/mol. The minimum absolute atomic E-state index is 0.251. The Kier molecular flexibility index (Phi) is 5.46. The summed E-state index contributed by atoms with van der Waals surface area (Å²) < 4.78 is 15.8. The molecule has 0 radical (unpaired) electrons. The first kappa shape index (κ1) is 15.9. The minimum atomic E-state index is -1.26. The predicted molar refractivity (Wildman–Crippen MR) is 77.2 cm³/mol. The number of alkyl carbamates (subject to hydrolysis) is 1. The van der Waals surface area contributed by atoms with E-state index in [0.29, 0.717) is 30.3 Å². The van der Waals surface area contributed by atoms with Crippen LogP contribution in [0, 0.1) is 0 Å². The highest BCUT2D eigenvalue weighted by Crippen LogP contribution is 2.37. The molecule has 0 saturated carbocycles. The van der Waals surface area contributed by atoms with Gasteiger partial charge in [0.1, 0.15) is 13.2 Å². The van der Waals surface area contributed by atoms with Crippen molar-refractivity contribution in [2.75, 3.05) is 19.8 Å². The second-order valence-corrected chi connectivity index (χ2v) is 4.78. The van der Waals surface area contributed by atoms with Crippen LogP contribution in [-0.4, -0.2) is 37.0 Å². The molecule has 7 nitrogen and oxygen atoms in total. The molecule has 1 unspecified atom stereocenters. The third kappa shape index (κ3) is 3.81. The Labute approximate surface area is 128 Å². The van der Waals surface area contributed by atoms with Gasteiger partial charge in [0, 0.05) is 5.56 Å². The van der Waals surface area contributed by atoms with E-state index in [1.807, 2.05) is 6.92 Å². The van der Waals surface area contributed by atoms with Crippen molar-refractivity contribution in [3.8, 4) is 11.5 Å². The highest BCUT2D eigenvalue weighted by molar-refractivity contribution is 5.82. The standard InChI is InChI=1S/C15H19NO6/c1-2-3-7-22-15(19)16-12(14(17)18)10-5-4-6-11-13(10)21-9-8-20-11/h4-6,12H,2-3,7-9H2,1H3,(H,16,19)(H,17,18). The maximum absolute atomic E-state index is 11.7. The highest BCUT2D eigenvalue weighted by Gasteiger charge is 2.29. The summed E-state index contributed by atoms with van der Waals surface area (Å²) in [4.78, 5) is 23.2. The average molecular weight is 309 g/mol. The minimum Gasteiger partial charge on any atom is -0.486 e. The van der Waals surface area contributed by atoms with Gasteiger partial charge in [0.05, 0.1) is 6.61 Å². The molecule has 0 spiro atoms. The summed E-state index contributed by atoms with van der Waals surface area (Å²) in [7, 11) is 0. The number of benzene rings is 1. The Balaban J connectivity index is 2.15. The molecule has 0 saturated heterocycles. The SMILES string of the molecule is CCCCOC(=O)NC(C(=O)O)c1cccc2c1OCCO2. The number of hydrogen-bond acceptors (Lipinski definition) is 5. The number of rotatable bonds is 6. The lowest BCUT2D eigenvalue weighted by Gasteiger charge is -2.23. The summed E-state index contributed by atoms with van der Waals surface area (Å²) in [6, 6.07) is 3.67. The number of amides is 1. The highest BCUT2D eigenvalue weighted by atomic mass is 16.6. The molecule has 0 aromatic heterocycles. The molecule has 7 heteroatoms. The number of carboxylic acid groups (broad SMARTS) is 1. The second kappa shape index (κ2) is 7.53. The predicted octanol–water partition coefficient (Wildman–Crippen LogP) is 2.11. The summed E-state index contributed by atoms with van der Waals surface area (Å²) in [5.74, 6) is -0.388. The molecule has 0 aliphatic carbocycles. The van der Waals surface area contributed by atoms with E-state index in [-0.39, 0.29) is 6.61 Å². The van der Waals surface area contributed by atoms with Crippen LogP contribution in [0.15, 0.2) is 18.2 Å². The molecule has 120 valence electrons. The van der Waals surface area contributed by atoms with Crippen molar-refractivity contribution >= 4 is 12.1 Å². The maximum atomic E-state index is 11.7. The van der Waals surface area contributed by atoms with Crippen molar-refractivity contribution in [1.82, 2.24) is 5.32 Å². The summed E-state index contributed by atoms with van der Waals surface area (Å²) >= 11 is 0. The molecule has 1 aliphatic rings. The van der Waals surface area contributed by atoms with E-state index in [9.17, 15) is 14.7 Å². The van der Waals surface area contributed by atoms with Crippen LogP contribution < -0.4 is 14.8 Å². The number of aliphatic carboxylic acids is 1. The van der Waals surface area contributed by atoms with Gasteiger partial charge >= 0.3 is 12.1 Å². The van der Waals surface area contributed by atoms with Crippen LogP contribution in [0.25, 0.3) is 0 Å². The molecule has 2 N–H and O–H groups in total. The van der Waals surface area contributed by atoms with E-state index >= 15 is 0 Å². The van der Waals surface area contributed by atoms with Crippen molar-refractivity contribution in [2.45, 2.75) is 25.8 Å². The fourth-order valence-electron chi connectivity index (χ4n) is 2.06. The lowest BCUT2D eigenvalue weighted by molar-refractivity contribution is -0.139. The van der Waals surface area contributed by atoms with Gasteiger partial charge in [-0.05, 0) is 12.5 Å². The molecule has 2 rings (SSSR count). The Bertz CT molecular complexity index is 545. The van der Waals surface area contributed by atoms with Crippen LogP contribution >= 0.6 is 0 Å². The van der Waals surface area contributed by atoms with Gasteiger partial charge in [-0.15, -0.1) is 0 Å². The van der Waals surface area contributed by atoms with E-state index in [0.717, 1.165) is 12.8 Å². The third-order valence-corrected chi connectivity index (χ3v) is 3.15. The van der Waals surface area contributed by atoms with Crippen LogP contribution in [0.1, 0.15) is 31.4 Å². The van der Waals surface area contributed by atoms with Crippen molar-refractivity contribution in [3.63, 3.8) is 0 Å². The summed E-state index contributed by atoms with van der Waals surface area (Å²) in [5.41, 5.74) is 0.331. The van der Waals surface area contributed by atoms with Crippen molar-refractivity contribution < 1.29 is 28.9 Å². The van der Waals surface area contributed by atoms with Gasteiger partial charge in [0.25, 0.3) is 0 Å². The Morgan fingerprint density at radius 3 is 2.86 bits per heavy atom.